The maximum Gasteiger partial charge on any atom is 0.0462 e. The van der Waals surface area contributed by atoms with Crippen LogP contribution in [0.1, 0.15) is 66.2 Å². The van der Waals surface area contributed by atoms with E-state index in [4.69, 9.17) is 4.74 Å². The van der Waals surface area contributed by atoms with Crippen LogP contribution in [0.15, 0.2) is 0 Å². The van der Waals surface area contributed by atoms with E-state index in [1.54, 1.807) is 7.11 Å². The summed E-state index contributed by atoms with van der Waals surface area (Å²) in [5.41, 5.74) is 0.459. The number of unbranched alkanes of at least 4 members (excludes halogenated alkanes) is 1. The van der Waals surface area contributed by atoms with Crippen LogP contribution in [0.5, 0.6) is 0 Å². The van der Waals surface area contributed by atoms with Gasteiger partial charge in [-0.2, -0.15) is 0 Å². The van der Waals surface area contributed by atoms with Gasteiger partial charge in [0.05, 0.1) is 0 Å². The van der Waals surface area contributed by atoms with Crippen LogP contribution >= 0.6 is 0 Å². The largest absolute Gasteiger partial charge is 0.385 e. The van der Waals surface area contributed by atoms with Crippen molar-refractivity contribution in [3.63, 3.8) is 0 Å². The minimum atomic E-state index is 0.459. The van der Waals surface area contributed by atoms with Crippen LogP contribution in [-0.4, -0.2) is 26.3 Å². The van der Waals surface area contributed by atoms with Crippen LogP contribution in [0.25, 0.3) is 0 Å². The lowest BCUT2D eigenvalue weighted by Crippen LogP contribution is -2.46. The highest BCUT2D eigenvalue weighted by molar-refractivity contribution is 4.91. The molecule has 0 radical (unpaired) electrons. The smallest absolute Gasteiger partial charge is 0.0462 e. The molecule has 0 aliphatic heterocycles. The molecule has 114 valence electrons. The zero-order chi connectivity index (χ0) is 14.3. The van der Waals surface area contributed by atoms with Crippen molar-refractivity contribution in [2.24, 2.45) is 17.3 Å². The van der Waals surface area contributed by atoms with Crippen LogP contribution in [-0.2, 0) is 4.74 Å². The monoisotopic (exact) mass is 269 g/mol. The fraction of sp³-hybridized carbons (Fsp3) is 1.00. The number of nitrogens with one attached hydrogen (secondary N) is 1. The van der Waals surface area contributed by atoms with Crippen LogP contribution in [0.2, 0.25) is 0 Å². The van der Waals surface area contributed by atoms with Crippen molar-refractivity contribution in [2.75, 3.05) is 20.3 Å². The molecule has 1 aliphatic rings. The molecular formula is C17H35NO. The summed E-state index contributed by atoms with van der Waals surface area (Å²) in [6.07, 6.45) is 8.00. The van der Waals surface area contributed by atoms with Gasteiger partial charge in [0.25, 0.3) is 0 Å². The van der Waals surface area contributed by atoms with E-state index < -0.39 is 0 Å². The van der Waals surface area contributed by atoms with Crippen LogP contribution in [0, 0.1) is 17.3 Å². The van der Waals surface area contributed by atoms with Crippen molar-refractivity contribution < 1.29 is 4.74 Å². The molecule has 0 aromatic rings. The third-order valence-electron chi connectivity index (χ3n) is 5.00. The second-order valence-electron chi connectivity index (χ2n) is 7.13. The van der Waals surface area contributed by atoms with Gasteiger partial charge in [-0.05, 0) is 49.5 Å². The molecule has 0 aromatic heterocycles. The normalized spacial score (nSPS) is 28.6. The lowest BCUT2D eigenvalue weighted by molar-refractivity contribution is 0.0825. The van der Waals surface area contributed by atoms with Gasteiger partial charge in [0.1, 0.15) is 0 Å². The standard InChI is InChI=1S/C17H35NO/c1-6-18-16-13-14(2)9-10-15(16)17(3,4)11-7-8-12-19-5/h14-16,18H,6-13H2,1-5H3. The summed E-state index contributed by atoms with van der Waals surface area (Å²) in [6.45, 7) is 11.6. The number of rotatable bonds is 8. The summed E-state index contributed by atoms with van der Waals surface area (Å²) in [5, 5.41) is 3.75. The zero-order valence-electron chi connectivity index (χ0n) is 13.8. The Kier molecular flexibility index (Phi) is 7.38. The van der Waals surface area contributed by atoms with Crippen molar-refractivity contribution >= 4 is 0 Å². The molecule has 1 fully saturated rings. The average Bonchev–Trinajstić information content (AvgIpc) is 2.35. The maximum atomic E-state index is 5.16. The molecule has 0 saturated heterocycles. The molecule has 0 spiro atoms. The number of ether oxygens (including phenoxy) is 1. The maximum absolute atomic E-state index is 5.16. The summed E-state index contributed by atoms with van der Waals surface area (Å²) in [6, 6.07) is 0.728. The molecule has 3 atom stereocenters. The van der Waals surface area contributed by atoms with Gasteiger partial charge < -0.3 is 10.1 Å². The van der Waals surface area contributed by atoms with E-state index in [9.17, 15) is 0 Å². The second-order valence-corrected chi connectivity index (χ2v) is 7.13. The van der Waals surface area contributed by atoms with Crippen molar-refractivity contribution in [2.45, 2.75) is 72.3 Å². The number of hydrogen-bond donors (Lipinski definition) is 1. The first-order chi connectivity index (χ1) is 9.01. The number of hydrogen-bond acceptors (Lipinski definition) is 2. The topological polar surface area (TPSA) is 21.3 Å². The van der Waals surface area contributed by atoms with Crippen LogP contribution < -0.4 is 5.32 Å². The van der Waals surface area contributed by atoms with Gasteiger partial charge >= 0.3 is 0 Å². The predicted octanol–water partition coefficient (Wildman–Crippen LogP) is 4.24. The molecule has 0 heterocycles. The number of methoxy groups -OCH3 is 1. The summed E-state index contributed by atoms with van der Waals surface area (Å²) in [5.74, 6) is 1.73. The Bertz CT molecular complexity index is 239. The van der Waals surface area contributed by atoms with E-state index in [-0.39, 0.29) is 0 Å². The first kappa shape index (κ1) is 17.0. The molecule has 0 aromatic carbocycles. The molecular weight excluding hydrogens is 234 g/mol. The first-order valence-electron chi connectivity index (χ1n) is 8.23. The highest BCUT2D eigenvalue weighted by Crippen LogP contribution is 2.43. The Morgan fingerprint density at radius 3 is 2.58 bits per heavy atom. The van der Waals surface area contributed by atoms with Crippen molar-refractivity contribution in [3.05, 3.63) is 0 Å². The Balaban J connectivity index is 2.52. The van der Waals surface area contributed by atoms with Crippen LogP contribution in [0.3, 0.4) is 0 Å². The van der Waals surface area contributed by atoms with Gasteiger partial charge in [0, 0.05) is 19.8 Å². The van der Waals surface area contributed by atoms with Gasteiger partial charge in [0.2, 0.25) is 0 Å². The fourth-order valence-electron chi connectivity index (χ4n) is 3.82. The third-order valence-corrected chi connectivity index (χ3v) is 5.00. The van der Waals surface area contributed by atoms with E-state index in [0.717, 1.165) is 31.0 Å². The van der Waals surface area contributed by atoms with Gasteiger partial charge in [-0.25, -0.2) is 0 Å². The summed E-state index contributed by atoms with van der Waals surface area (Å²) in [7, 11) is 1.80. The van der Waals surface area contributed by atoms with Crippen LogP contribution in [0.4, 0.5) is 0 Å². The molecule has 1 N–H and O–H groups in total. The first-order valence-corrected chi connectivity index (χ1v) is 8.23. The lowest BCUT2D eigenvalue weighted by atomic mass is 9.64. The fourth-order valence-corrected chi connectivity index (χ4v) is 3.82. The second kappa shape index (κ2) is 8.26. The summed E-state index contributed by atoms with van der Waals surface area (Å²) < 4.78 is 5.16. The SMILES string of the molecule is CCNC1CC(C)CCC1C(C)(C)CCCCOC. The molecule has 19 heavy (non-hydrogen) atoms. The van der Waals surface area contributed by atoms with E-state index in [1.165, 1.54) is 38.5 Å². The van der Waals surface area contributed by atoms with Gasteiger partial charge in [-0.1, -0.05) is 40.5 Å². The minimum absolute atomic E-state index is 0.459. The highest BCUT2D eigenvalue weighted by Gasteiger charge is 2.37. The quantitative estimate of drug-likeness (QED) is 0.665. The minimum Gasteiger partial charge on any atom is -0.385 e. The molecule has 1 aliphatic carbocycles. The van der Waals surface area contributed by atoms with E-state index >= 15 is 0 Å². The molecule has 3 unspecified atom stereocenters. The predicted molar refractivity (Wildman–Crippen MR) is 83.5 cm³/mol. The van der Waals surface area contributed by atoms with Crippen molar-refractivity contribution in [1.82, 2.24) is 5.32 Å². The lowest BCUT2D eigenvalue weighted by Gasteiger charge is -2.45. The Morgan fingerprint density at radius 1 is 1.21 bits per heavy atom. The van der Waals surface area contributed by atoms with Gasteiger partial charge in [0.15, 0.2) is 0 Å². The van der Waals surface area contributed by atoms with Crippen molar-refractivity contribution in [1.29, 1.82) is 0 Å². The summed E-state index contributed by atoms with van der Waals surface area (Å²) in [4.78, 5) is 0. The van der Waals surface area contributed by atoms with E-state index in [2.05, 4.69) is 33.0 Å². The highest BCUT2D eigenvalue weighted by atomic mass is 16.5. The molecule has 1 rings (SSSR count). The van der Waals surface area contributed by atoms with Gasteiger partial charge in [-0.15, -0.1) is 0 Å². The van der Waals surface area contributed by atoms with E-state index in [1.807, 2.05) is 0 Å². The molecule has 1 saturated carbocycles. The zero-order valence-corrected chi connectivity index (χ0v) is 13.8. The van der Waals surface area contributed by atoms with E-state index in [0.29, 0.717) is 5.41 Å². The molecule has 0 amide bonds. The molecule has 2 heteroatoms. The molecule has 0 bridgehead atoms. The Hall–Kier alpha value is -0.0800. The average molecular weight is 269 g/mol. The Morgan fingerprint density at radius 2 is 1.95 bits per heavy atom. The summed E-state index contributed by atoms with van der Waals surface area (Å²) >= 11 is 0. The van der Waals surface area contributed by atoms with Gasteiger partial charge in [-0.3, -0.25) is 0 Å². The Labute approximate surface area is 120 Å². The van der Waals surface area contributed by atoms with Crippen molar-refractivity contribution in [3.8, 4) is 0 Å². The third kappa shape index (κ3) is 5.43. The molecule has 2 nitrogen and oxygen atoms in total.